The summed E-state index contributed by atoms with van der Waals surface area (Å²) >= 11 is 5.87. The molecule has 0 fully saturated rings. The van der Waals surface area contributed by atoms with Crippen molar-refractivity contribution < 1.29 is 13.2 Å². The third-order valence-electron chi connectivity index (χ3n) is 4.32. The van der Waals surface area contributed by atoms with E-state index in [1.54, 1.807) is 25.1 Å². The highest BCUT2D eigenvalue weighted by Gasteiger charge is 2.30. The van der Waals surface area contributed by atoms with E-state index in [1.165, 1.54) is 4.31 Å². The fourth-order valence-corrected chi connectivity index (χ4v) is 4.22. The SMILES string of the molecule is Cc1ccc(C)c(N(C(C)C(=O)NCCc2ccc(Cl)cc2)S(C)(=O)=O)c1. The Morgan fingerprint density at radius 3 is 2.37 bits per heavy atom. The lowest BCUT2D eigenvalue weighted by Crippen LogP contribution is -2.48. The molecule has 7 heteroatoms. The molecule has 0 bridgehead atoms. The molecule has 0 heterocycles. The first-order chi connectivity index (χ1) is 12.6. The molecule has 1 atom stereocenters. The van der Waals surface area contributed by atoms with E-state index in [1.807, 2.05) is 38.1 Å². The van der Waals surface area contributed by atoms with Crippen LogP contribution in [0.3, 0.4) is 0 Å². The molecule has 0 spiro atoms. The molecule has 2 aromatic rings. The van der Waals surface area contributed by atoms with Gasteiger partial charge in [-0.3, -0.25) is 9.10 Å². The zero-order valence-electron chi connectivity index (χ0n) is 16.0. The van der Waals surface area contributed by atoms with E-state index in [4.69, 9.17) is 11.6 Å². The molecule has 2 rings (SSSR count). The number of aryl methyl sites for hydroxylation is 2. The molecule has 0 aliphatic rings. The number of amides is 1. The van der Waals surface area contributed by atoms with Crippen LogP contribution in [0.5, 0.6) is 0 Å². The van der Waals surface area contributed by atoms with Crippen LogP contribution in [0.25, 0.3) is 0 Å². The van der Waals surface area contributed by atoms with E-state index >= 15 is 0 Å². The third-order valence-corrected chi connectivity index (χ3v) is 5.80. The monoisotopic (exact) mass is 408 g/mol. The first-order valence-electron chi connectivity index (χ1n) is 8.68. The van der Waals surface area contributed by atoms with Gasteiger partial charge in [-0.1, -0.05) is 35.9 Å². The minimum Gasteiger partial charge on any atom is -0.354 e. The van der Waals surface area contributed by atoms with E-state index in [-0.39, 0.29) is 5.91 Å². The number of nitrogens with zero attached hydrogens (tertiary/aromatic N) is 1. The number of carbonyl (C=O) groups excluding carboxylic acids is 1. The second-order valence-corrected chi connectivity index (χ2v) is 8.99. The van der Waals surface area contributed by atoms with Crippen molar-refractivity contribution in [1.29, 1.82) is 0 Å². The van der Waals surface area contributed by atoms with Gasteiger partial charge in [-0.15, -0.1) is 0 Å². The van der Waals surface area contributed by atoms with Gasteiger partial charge in [-0.2, -0.15) is 0 Å². The smallest absolute Gasteiger partial charge is 0.243 e. The van der Waals surface area contributed by atoms with Crippen molar-refractivity contribution in [2.75, 3.05) is 17.1 Å². The second-order valence-electron chi connectivity index (χ2n) is 6.69. The van der Waals surface area contributed by atoms with Crippen molar-refractivity contribution in [1.82, 2.24) is 5.32 Å². The fourth-order valence-electron chi connectivity index (χ4n) is 2.87. The van der Waals surface area contributed by atoms with Crippen LogP contribution in [-0.4, -0.2) is 33.2 Å². The van der Waals surface area contributed by atoms with Crippen LogP contribution in [0.2, 0.25) is 5.02 Å². The Labute approximate surface area is 166 Å². The van der Waals surface area contributed by atoms with Crippen LogP contribution in [-0.2, 0) is 21.2 Å². The van der Waals surface area contributed by atoms with Gasteiger partial charge in [0.2, 0.25) is 15.9 Å². The zero-order valence-corrected chi connectivity index (χ0v) is 17.6. The lowest BCUT2D eigenvalue weighted by atomic mass is 10.1. The Balaban J connectivity index is 2.13. The van der Waals surface area contributed by atoms with Gasteiger partial charge in [0.15, 0.2) is 0 Å². The molecule has 27 heavy (non-hydrogen) atoms. The maximum absolute atomic E-state index is 12.6. The van der Waals surface area contributed by atoms with Gasteiger partial charge >= 0.3 is 0 Å². The number of benzene rings is 2. The summed E-state index contributed by atoms with van der Waals surface area (Å²) in [5.74, 6) is -0.338. The van der Waals surface area contributed by atoms with E-state index in [0.29, 0.717) is 23.7 Å². The van der Waals surface area contributed by atoms with E-state index in [9.17, 15) is 13.2 Å². The number of carbonyl (C=O) groups is 1. The summed E-state index contributed by atoms with van der Waals surface area (Å²) in [5.41, 5.74) is 3.30. The summed E-state index contributed by atoms with van der Waals surface area (Å²) in [7, 11) is -3.63. The zero-order chi connectivity index (χ0) is 20.2. The van der Waals surface area contributed by atoms with Crippen molar-refractivity contribution in [3.8, 4) is 0 Å². The fraction of sp³-hybridized carbons (Fsp3) is 0.350. The molecule has 0 saturated heterocycles. The molecule has 0 aliphatic heterocycles. The largest absolute Gasteiger partial charge is 0.354 e. The Morgan fingerprint density at radius 2 is 1.78 bits per heavy atom. The van der Waals surface area contributed by atoms with Gasteiger partial charge in [-0.05, 0) is 62.1 Å². The van der Waals surface area contributed by atoms with E-state index in [0.717, 1.165) is 22.9 Å². The molecule has 2 aromatic carbocycles. The molecule has 0 aromatic heterocycles. The molecular weight excluding hydrogens is 384 g/mol. The van der Waals surface area contributed by atoms with Crippen LogP contribution >= 0.6 is 11.6 Å². The maximum Gasteiger partial charge on any atom is 0.243 e. The van der Waals surface area contributed by atoms with Crippen molar-refractivity contribution >= 4 is 33.2 Å². The molecular formula is C20H25ClN2O3S. The highest BCUT2D eigenvalue weighted by atomic mass is 35.5. The van der Waals surface area contributed by atoms with Gasteiger partial charge in [0, 0.05) is 11.6 Å². The Bertz CT molecular complexity index is 911. The van der Waals surface area contributed by atoms with E-state index in [2.05, 4.69) is 5.32 Å². The predicted octanol–water partition coefficient (Wildman–Crippen LogP) is 3.47. The molecule has 5 nitrogen and oxygen atoms in total. The number of nitrogens with one attached hydrogen (secondary N) is 1. The highest BCUT2D eigenvalue weighted by Crippen LogP contribution is 2.26. The lowest BCUT2D eigenvalue weighted by Gasteiger charge is -2.29. The van der Waals surface area contributed by atoms with Gasteiger partial charge < -0.3 is 5.32 Å². The highest BCUT2D eigenvalue weighted by molar-refractivity contribution is 7.92. The summed E-state index contributed by atoms with van der Waals surface area (Å²) in [6.45, 7) is 5.73. The number of hydrogen-bond acceptors (Lipinski definition) is 3. The number of halogens is 1. The first-order valence-corrected chi connectivity index (χ1v) is 10.9. The van der Waals surface area contributed by atoms with Gasteiger partial charge in [0.25, 0.3) is 0 Å². The standard InChI is InChI=1S/C20H25ClN2O3S/c1-14-5-6-15(2)19(13-14)23(27(4,25)26)16(3)20(24)22-12-11-17-7-9-18(21)10-8-17/h5-10,13,16H,11-12H2,1-4H3,(H,22,24). The molecule has 146 valence electrons. The topological polar surface area (TPSA) is 66.5 Å². The Kier molecular flexibility index (Phi) is 6.89. The quantitative estimate of drug-likeness (QED) is 0.762. The van der Waals surface area contributed by atoms with Crippen LogP contribution in [0.15, 0.2) is 42.5 Å². The molecule has 1 N–H and O–H groups in total. The molecule has 0 saturated carbocycles. The summed E-state index contributed by atoms with van der Waals surface area (Å²) in [6.07, 6.45) is 1.75. The number of anilines is 1. The minimum absolute atomic E-state index is 0.338. The number of hydrogen-bond donors (Lipinski definition) is 1. The second kappa shape index (κ2) is 8.76. The van der Waals surface area contributed by atoms with Crippen LogP contribution in [0, 0.1) is 13.8 Å². The van der Waals surface area contributed by atoms with Crippen molar-refractivity contribution in [3.63, 3.8) is 0 Å². The van der Waals surface area contributed by atoms with Crippen LogP contribution in [0.1, 0.15) is 23.6 Å². The predicted molar refractivity (Wildman–Crippen MR) is 111 cm³/mol. The Morgan fingerprint density at radius 1 is 1.15 bits per heavy atom. The van der Waals surface area contributed by atoms with Gasteiger partial charge in [-0.25, -0.2) is 8.42 Å². The van der Waals surface area contributed by atoms with Crippen molar-refractivity contribution in [2.24, 2.45) is 0 Å². The van der Waals surface area contributed by atoms with E-state index < -0.39 is 16.1 Å². The number of rotatable bonds is 7. The van der Waals surface area contributed by atoms with Crippen molar-refractivity contribution in [2.45, 2.75) is 33.2 Å². The lowest BCUT2D eigenvalue weighted by molar-refractivity contribution is -0.121. The summed E-state index contributed by atoms with van der Waals surface area (Å²) in [6, 6.07) is 12.1. The maximum atomic E-state index is 12.6. The Hall–Kier alpha value is -2.05. The molecule has 1 unspecified atom stereocenters. The molecule has 0 aliphatic carbocycles. The van der Waals surface area contributed by atoms with Crippen LogP contribution < -0.4 is 9.62 Å². The molecule has 0 radical (unpaired) electrons. The van der Waals surface area contributed by atoms with Crippen LogP contribution in [0.4, 0.5) is 5.69 Å². The minimum atomic E-state index is -3.63. The average Bonchev–Trinajstić information content (AvgIpc) is 2.58. The summed E-state index contributed by atoms with van der Waals surface area (Å²) in [4.78, 5) is 12.6. The van der Waals surface area contributed by atoms with Gasteiger partial charge in [0.1, 0.15) is 6.04 Å². The first kappa shape index (κ1) is 21.3. The van der Waals surface area contributed by atoms with Gasteiger partial charge in [0.05, 0.1) is 11.9 Å². The number of sulfonamides is 1. The normalized spacial score (nSPS) is 12.5. The summed E-state index contributed by atoms with van der Waals surface area (Å²) < 4.78 is 26.0. The third kappa shape index (κ3) is 5.71. The average molecular weight is 409 g/mol. The summed E-state index contributed by atoms with van der Waals surface area (Å²) in [5, 5.41) is 3.48. The van der Waals surface area contributed by atoms with Crippen molar-refractivity contribution in [3.05, 3.63) is 64.2 Å². The molecule has 1 amide bonds.